The molecule has 1 atom stereocenters. The van der Waals surface area contributed by atoms with Crippen LogP contribution in [0, 0.1) is 5.92 Å². The van der Waals surface area contributed by atoms with Crippen LogP contribution in [-0.4, -0.2) is 23.7 Å². The van der Waals surface area contributed by atoms with Gasteiger partial charge in [-0.15, -0.1) is 0 Å². The zero-order valence-corrected chi connectivity index (χ0v) is 10.0. The number of hydrazone groups is 1. The van der Waals surface area contributed by atoms with Crippen LogP contribution in [0.25, 0.3) is 0 Å². The summed E-state index contributed by atoms with van der Waals surface area (Å²) in [4.78, 5) is 11.7. The van der Waals surface area contributed by atoms with Crippen molar-refractivity contribution in [2.45, 2.75) is 25.7 Å². The van der Waals surface area contributed by atoms with Crippen LogP contribution in [0.5, 0.6) is 0 Å². The standard InChI is InChI=1S/C14H16N2O/c1-16-13(17)9-11-7-4-6-10-5-2-3-8-12(10)14(11)15-16/h2-3,5,8,11H,4,6-7,9H2,1H3/t11-/m0/s1. The molecule has 0 saturated carbocycles. The number of amides is 1. The Balaban J connectivity index is 2.11. The second kappa shape index (κ2) is 3.99. The Hall–Kier alpha value is -1.64. The van der Waals surface area contributed by atoms with Crippen LogP contribution in [0.1, 0.15) is 30.4 Å². The number of rotatable bonds is 0. The maximum absolute atomic E-state index is 11.7. The Morgan fingerprint density at radius 2 is 2.18 bits per heavy atom. The lowest BCUT2D eigenvalue weighted by molar-refractivity contribution is -0.131. The number of hydrogen-bond acceptors (Lipinski definition) is 2. The Labute approximate surface area is 101 Å². The number of fused-ring (bicyclic) bond motifs is 3. The zero-order valence-electron chi connectivity index (χ0n) is 10.0. The van der Waals surface area contributed by atoms with Gasteiger partial charge < -0.3 is 0 Å². The van der Waals surface area contributed by atoms with E-state index in [-0.39, 0.29) is 5.91 Å². The first-order chi connectivity index (χ1) is 8.25. The fraction of sp³-hybridized carbons (Fsp3) is 0.429. The van der Waals surface area contributed by atoms with Gasteiger partial charge in [0.1, 0.15) is 0 Å². The van der Waals surface area contributed by atoms with Crippen molar-refractivity contribution in [1.29, 1.82) is 0 Å². The highest BCUT2D eigenvalue weighted by Crippen LogP contribution is 2.30. The van der Waals surface area contributed by atoms with Gasteiger partial charge in [0.15, 0.2) is 0 Å². The van der Waals surface area contributed by atoms with Crippen molar-refractivity contribution < 1.29 is 4.79 Å². The van der Waals surface area contributed by atoms with Crippen LogP contribution in [0.2, 0.25) is 0 Å². The minimum Gasteiger partial charge on any atom is -0.273 e. The molecule has 0 saturated heterocycles. The van der Waals surface area contributed by atoms with E-state index >= 15 is 0 Å². The third-order valence-corrected chi connectivity index (χ3v) is 3.72. The van der Waals surface area contributed by atoms with Crippen molar-refractivity contribution in [3.8, 4) is 0 Å². The molecule has 1 heterocycles. The maximum atomic E-state index is 11.7. The SMILES string of the molecule is CN1N=C2c3ccccc3CCC[C@H]2CC1=O. The lowest BCUT2D eigenvalue weighted by Crippen LogP contribution is -2.34. The minimum atomic E-state index is 0.137. The van der Waals surface area contributed by atoms with Gasteiger partial charge in [-0.1, -0.05) is 24.3 Å². The van der Waals surface area contributed by atoms with Crippen LogP contribution in [0.15, 0.2) is 29.4 Å². The summed E-state index contributed by atoms with van der Waals surface area (Å²) < 4.78 is 0. The number of benzene rings is 1. The van der Waals surface area contributed by atoms with Gasteiger partial charge in [-0.25, -0.2) is 5.01 Å². The van der Waals surface area contributed by atoms with E-state index in [0.29, 0.717) is 12.3 Å². The summed E-state index contributed by atoms with van der Waals surface area (Å²) in [5.41, 5.74) is 3.73. The van der Waals surface area contributed by atoms with Crippen molar-refractivity contribution in [3.63, 3.8) is 0 Å². The number of hydrogen-bond donors (Lipinski definition) is 0. The van der Waals surface area contributed by atoms with E-state index in [1.807, 2.05) is 0 Å². The molecule has 0 bridgehead atoms. The molecule has 3 nitrogen and oxygen atoms in total. The molecule has 0 unspecified atom stereocenters. The Morgan fingerprint density at radius 1 is 1.35 bits per heavy atom. The van der Waals surface area contributed by atoms with Gasteiger partial charge in [0.2, 0.25) is 5.91 Å². The highest BCUT2D eigenvalue weighted by molar-refractivity contribution is 6.07. The molecule has 0 radical (unpaired) electrons. The summed E-state index contributed by atoms with van der Waals surface area (Å²) in [5.74, 6) is 0.459. The van der Waals surface area contributed by atoms with Crippen LogP contribution in [0.4, 0.5) is 0 Å². The third-order valence-electron chi connectivity index (χ3n) is 3.72. The summed E-state index contributed by atoms with van der Waals surface area (Å²) in [6.07, 6.45) is 3.94. The molecule has 1 amide bonds. The molecule has 3 rings (SSSR count). The van der Waals surface area contributed by atoms with E-state index in [2.05, 4.69) is 29.4 Å². The van der Waals surface area contributed by atoms with Crippen LogP contribution < -0.4 is 0 Å². The number of aryl methyl sites for hydroxylation is 1. The summed E-state index contributed by atoms with van der Waals surface area (Å²) in [6.45, 7) is 0. The topological polar surface area (TPSA) is 32.7 Å². The molecule has 2 aliphatic rings. The molecule has 0 N–H and O–H groups in total. The van der Waals surface area contributed by atoms with Crippen LogP contribution in [0.3, 0.4) is 0 Å². The van der Waals surface area contributed by atoms with Gasteiger partial charge >= 0.3 is 0 Å². The van der Waals surface area contributed by atoms with Gasteiger partial charge in [0.05, 0.1) is 5.71 Å². The monoisotopic (exact) mass is 228 g/mol. The lowest BCUT2D eigenvalue weighted by Gasteiger charge is -2.26. The molecular formula is C14H16N2O. The quantitative estimate of drug-likeness (QED) is 0.670. The molecular weight excluding hydrogens is 212 g/mol. The first-order valence-corrected chi connectivity index (χ1v) is 6.19. The van der Waals surface area contributed by atoms with Crippen LogP contribution >= 0.6 is 0 Å². The fourth-order valence-corrected chi connectivity index (χ4v) is 2.78. The molecule has 0 fully saturated rings. The Morgan fingerprint density at radius 3 is 3.06 bits per heavy atom. The van der Waals surface area contributed by atoms with Gasteiger partial charge in [-0.05, 0) is 24.8 Å². The minimum absolute atomic E-state index is 0.137. The smallest absolute Gasteiger partial charge is 0.243 e. The van der Waals surface area contributed by atoms with E-state index in [1.165, 1.54) is 16.1 Å². The highest BCUT2D eigenvalue weighted by Gasteiger charge is 2.30. The number of carbonyl (C=O) groups excluding carboxylic acids is 1. The van der Waals surface area contributed by atoms with Gasteiger partial charge in [0, 0.05) is 24.9 Å². The first kappa shape index (κ1) is 10.5. The summed E-state index contributed by atoms with van der Waals surface area (Å²) in [6, 6.07) is 8.45. The lowest BCUT2D eigenvalue weighted by atomic mass is 9.90. The summed E-state index contributed by atoms with van der Waals surface area (Å²) >= 11 is 0. The molecule has 0 aromatic heterocycles. The molecule has 0 spiro atoms. The third kappa shape index (κ3) is 1.75. The van der Waals surface area contributed by atoms with Gasteiger partial charge in [0.25, 0.3) is 0 Å². The van der Waals surface area contributed by atoms with Crippen LogP contribution in [-0.2, 0) is 11.2 Å². The van der Waals surface area contributed by atoms with E-state index < -0.39 is 0 Å². The van der Waals surface area contributed by atoms with E-state index in [0.717, 1.165) is 25.0 Å². The second-order valence-corrected chi connectivity index (χ2v) is 4.85. The van der Waals surface area contributed by atoms with E-state index in [1.54, 1.807) is 7.05 Å². The molecule has 1 aliphatic heterocycles. The van der Waals surface area contributed by atoms with Crippen molar-refractivity contribution >= 4 is 11.6 Å². The highest BCUT2D eigenvalue weighted by atomic mass is 16.2. The molecule has 3 heteroatoms. The van der Waals surface area contributed by atoms with Gasteiger partial charge in [-0.2, -0.15) is 5.10 Å². The van der Waals surface area contributed by atoms with E-state index in [9.17, 15) is 4.79 Å². The van der Waals surface area contributed by atoms with E-state index in [4.69, 9.17) is 0 Å². The van der Waals surface area contributed by atoms with Crippen molar-refractivity contribution in [1.82, 2.24) is 5.01 Å². The zero-order chi connectivity index (χ0) is 11.8. The van der Waals surface area contributed by atoms with Crippen molar-refractivity contribution in [2.24, 2.45) is 11.0 Å². The largest absolute Gasteiger partial charge is 0.273 e. The molecule has 1 aromatic rings. The predicted molar refractivity (Wildman–Crippen MR) is 66.8 cm³/mol. The first-order valence-electron chi connectivity index (χ1n) is 6.19. The number of carbonyl (C=O) groups is 1. The average Bonchev–Trinajstić information content (AvgIpc) is 2.50. The Bertz CT molecular complexity index is 493. The second-order valence-electron chi connectivity index (χ2n) is 4.85. The summed E-state index contributed by atoms with van der Waals surface area (Å²) in [7, 11) is 1.75. The van der Waals surface area contributed by atoms with Crippen molar-refractivity contribution in [3.05, 3.63) is 35.4 Å². The fourth-order valence-electron chi connectivity index (χ4n) is 2.78. The predicted octanol–water partition coefficient (Wildman–Crippen LogP) is 2.21. The Kier molecular flexibility index (Phi) is 2.46. The van der Waals surface area contributed by atoms with Crippen molar-refractivity contribution in [2.75, 3.05) is 7.05 Å². The molecule has 88 valence electrons. The molecule has 1 aromatic carbocycles. The molecule has 1 aliphatic carbocycles. The molecule has 17 heavy (non-hydrogen) atoms. The van der Waals surface area contributed by atoms with Gasteiger partial charge in [-0.3, -0.25) is 4.79 Å². The maximum Gasteiger partial charge on any atom is 0.243 e. The normalized spacial score (nSPS) is 23.6. The average molecular weight is 228 g/mol. The number of nitrogens with zero attached hydrogens (tertiary/aromatic N) is 2. The summed E-state index contributed by atoms with van der Waals surface area (Å²) in [5, 5.41) is 5.98.